The topological polar surface area (TPSA) is 3.24 Å². The van der Waals surface area contributed by atoms with Gasteiger partial charge in [0.15, 0.2) is 0 Å². The molecule has 1 nitrogen and oxygen atoms in total. The number of likely N-dealkylation sites (N-methyl/N-ethyl adjacent to an activating group) is 1. The van der Waals surface area contributed by atoms with Crippen molar-refractivity contribution in [3.63, 3.8) is 0 Å². The second kappa shape index (κ2) is 19.1. The largest absolute Gasteiger partial charge is 0.300 e. The van der Waals surface area contributed by atoms with Gasteiger partial charge in [0.2, 0.25) is 0 Å². The van der Waals surface area contributed by atoms with Crippen LogP contribution in [-0.2, 0) is 0 Å². The van der Waals surface area contributed by atoms with Crippen LogP contribution >= 0.6 is 0 Å². The van der Waals surface area contributed by atoms with Gasteiger partial charge in [0, 0.05) is 6.54 Å². The fourth-order valence-electron chi connectivity index (χ4n) is 1.02. The van der Waals surface area contributed by atoms with Crippen LogP contribution in [0.2, 0.25) is 0 Å². The average Bonchev–Trinajstić information content (AvgIpc) is 2.31. The third kappa shape index (κ3) is 16.1. The van der Waals surface area contributed by atoms with E-state index >= 15 is 0 Å². The standard InChI is InChI=1S/C10H19N.2C2H6/c1-5-8-10(4)9-11(6-2)7-3;2*1-2/h5,8H,4,6-7,9H2,1-3H3;2*1-2H3/b8-5-;;. The number of hydrogen-bond acceptors (Lipinski definition) is 1. The molecule has 0 aromatic carbocycles. The van der Waals surface area contributed by atoms with Crippen molar-refractivity contribution in [2.75, 3.05) is 19.6 Å². The summed E-state index contributed by atoms with van der Waals surface area (Å²) in [5.41, 5.74) is 1.19. The highest BCUT2D eigenvalue weighted by Crippen LogP contribution is 1.97. The summed E-state index contributed by atoms with van der Waals surface area (Å²) in [6.07, 6.45) is 4.10. The molecule has 0 saturated carbocycles. The van der Waals surface area contributed by atoms with Gasteiger partial charge < -0.3 is 0 Å². The van der Waals surface area contributed by atoms with Crippen molar-refractivity contribution in [3.8, 4) is 0 Å². The van der Waals surface area contributed by atoms with E-state index in [1.54, 1.807) is 0 Å². The van der Waals surface area contributed by atoms with Gasteiger partial charge in [-0.15, -0.1) is 0 Å². The van der Waals surface area contributed by atoms with Crippen LogP contribution in [0.3, 0.4) is 0 Å². The lowest BCUT2D eigenvalue weighted by molar-refractivity contribution is 0.332. The molecule has 0 rings (SSSR count). The molecule has 0 unspecified atom stereocenters. The van der Waals surface area contributed by atoms with Crippen LogP contribution in [0.15, 0.2) is 24.3 Å². The van der Waals surface area contributed by atoms with Crippen molar-refractivity contribution >= 4 is 0 Å². The van der Waals surface area contributed by atoms with E-state index in [1.165, 1.54) is 5.57 Å². The molecule has 0 aliphatic heterocycles. The Morgan fingerprint density at radius 3 is 1.73 bits per heavy atom. The molecule has 0 aromatic heterocycles. The maximum atomic E-state index is 3.95. The highest BCUT2D eigenvalue weighted by molar-refractivity contribution is 5.15. The Bertz CT molecular complexity index is 132. The summed E-state index contributed by atoms with van der Waals surface area (Å²) < 4.78 is 0. The number of hydrogen-bond donors (Lipinski definition) is 0. The minimum absolute atomic E-state index is 0.997. The van der Waals surface area contributed by atoms with Crippen molar-refractivity contribution in [2.24, 2.45) is 0 Å². The zero-order valence-electron chi connectivity index (χ0n) is 11.9. The fourth-order valence-corrected chi connectivity index (χ4v) is 1.02. The number of allylic oxidation sites excluding steroid dienone is 1. The first-order valence-corrected chi connectivity index (χ1v) is 6.27. The number of nitrogens with zero attached hydrogens (tertiary/aromatic N) is 1. The smallest absolute Gasteiger partial charge is 0.0227 e. The Morgan fingerprint density at radius 1 is 1.07 bits per heavy atom. The molecule has 0 radical (unpaired) electrons. The SMILES string of the molecule is C=C(/C=C\C)CN(CC)CC.CC.CC. The van der Waals surface area contributed by atoms with Crippen LogP contribution in [0.5, 0.6) is 0 Å². The highest BCUT2D eigenvalue weighted by atomic mass is 15.1. The lowest BCUT2D eigenvalue weighted by atomic mass is 10.2. The number of rotatable bonds is 5. The zero-order chi connectivity index (χ0) is 12.7. The Morgan fingerprint density at radius 2 is 1.47 bits per heavy atom. The van der Waals surface area contributed by atoms with Crippen molar-refractivity contribution < 1.29 is 0 Å². The minimum atomic E-state index is 0.997. The summed E-state index contributed by atoms with van der Waals surface area (Å²) in [4.78, 5) is 2.35. The lowest BCUT2D eigenvalue weighted by Crippen LogP contribution is -2.24. The van der Waals surface area contributed by atoms with Gasteiger partial charge in [-0.25, -0.2) is 0 Å². The van der Waals surface area contributed by atoms with Gasteiger partial charge in [-0.1, -0.05) is 60.3 Å². The molecule has 0 aromatic rings. The Balaban J connectivity index is -0.000000318. The molecule has 0 bridgehead atoms. The predicted molar refractivity (Wildman–Crippen MR) is 74.4 cm³/mol. The molecule has 0 spiro atoms. The molecule has 92 valence electrons. The first-order valence-electron chi connectivity index (χ1n) is 6.27. The summed E-state index contributed by atoms with van der Waals surface area (Å²) in [5, 5.41) is 0. The normalized spacial score (nSPS) is 9.07. The van der Waals surface area contributed by atoms with Crippen LogP contribution in [0.25, 0.3) is 0 Å². The third-order valence-corrected chi connectivity index (χ3v) is 1.72. The second-order valence-corrected chi connectivity index (χ2v) is 2.62. The Hall–Kier alpha value is -0.560. The third-order valence-electron chi connectivity index (χ3n) is 1.72. The van der Waals surface area contributed by atoms with E-state index in [0.717, 1.165) is 19.6 Å². The van der Waals surface area contributed by atoms with Crippen molar-refractivity contribution in [1.29, 1.82) is 0 Å². The monoisotopic (exact) mass is 213 g/mol. The van der Waals surface area contributed by atoms with Gasteiger partial charge in [-0.05, 0) is 25.6 Å². The maximum Gasteiger partial charge on any atom is 0.0227 e. The molecule has 0 fully saturated rings. The molecule has 0 heterocycles. The summed E-state index contributed by atoms with van der Waals surface area (Å²) >= 11 is 0. The van der Waals surface area contributed by atoms with Crippen molar-refractivity contribution in [2.45, 2.75) is 48.5 Å². The maximum absolute atomic E-state index is 3.95. The van der Waals surface area contributed by atoms with E-state index in [9.17, 15) is 0 Å². The predicted octanol–water partition coefficient (Wildman–Crippen LogP) is 4.51. The molecule has 0 saturated heterocycles. The van der Waals surface area contributed by atoms with Crippen LogP contribution in [-0.4, -0.2) is 24.5 Å². The van der Waals surface area contributed by atoms with Gasteiger partial charge in [-0.3, -0.25) is 4.90 Å². The van der Waals surface area contributed by atoms with Gasteiger partial charge in [-0.2, -0.15) is 0 Å². The summed E-state index contributed by atoms with van der Waals surface area (Å²) in [7, 11) is 0. The molecule has 15 heavy (non-hydrogen) atoms. The molecule has 0 aliphatic carbocycles. The average molecular weight is 213 g/mol. The zero-order valence-corrected chi connectivity index (χ0v) is 11.9. The molecule has 0 aliphatic rings. The molecule has 1 heteroatoms. The first kappa shape index (κ1) is 19.9. The molecule has 0 amide bonds. The van der Waals surface area contributed by atoms with E-state index in [1.807, 2.05) is 40.7 Å². The summed E-state index contributed by atoms with van der Waals surface area (Å²) in [6, 6.07) is 0. The molecule has 0 atom stereocenters. The Kier molecular flexibility index (Phi) is 25.4. The molecular formula is C14H31N. The van der Waals surface area contributed by atoms with E-state index < -0.39 is 0 Å². The first-order chi connectivity index (χ1) is 7.24. The fraction of sp³-hybridized carbons (Fsp3) is 0.714. The lowest BCUT2D eigenvalue weighted by Gasteiger charge is -2.17. The summed E-state index contributed by atoms with van der Waals surface area (Å²) in [6.45, 7) is 21.5. The highest BCUT2D eigenvalue weighted by Gasteiger charge is 1.97. The van der Waals surface area contributed by atoms with E-state index in [-0.39, 0.29) is 0 Å². The Labute approximate surface area is 97.9 Å². The van der Waals surface area contributed by atoms with Crippen LogP contribution < -0.4 is 0 Å². The van der Waals surface area contributed by atoms with E-state index in [0.29, 0.717) is 0 Å². The van der Waals surface area contributed by atoms with Gasteiger partial charge in [0.1, 0.15) is 0 Å². The van der Waals surface area contributed by atoms with Crippen LogP contribution in [0.4, 0.5) is 0 Å². The molecule has 0 N–H and O–H groups in total. The van der Waals surface area contributed by atoms with Crippen molar-refractivity contribution in [1.82, 2.24) is 4.90 Å². The molecular weight excluding hydrogens is 182 g/mol. The van der Waals surface area contributed by atoms with E-state index in [4.69, 9.17) is 0 Å². The summed E-state index contributed by atoms with van der Waals surface area (Å²) in [5.74, 6) is 0. The van der Waals surface area contributed by atoms with Crippen LogP contribution in [0.1, 0.15) is 48.5 Å². The minimum Gasteiger partial charge on any atom is -0.300 e. The van der Waals surface area contributed by atoms with Gasteiger partial charge >= 0.3 is 0 Å². The van der Waals surface area contributed by atoms with Crippen LogP contribution in [0, 0.1) is 0 Å². The second-order valence-electron chi connectivity index (χ2n) is 2.62. The van der Waals surface area contributed by atoms with E-state index in [2.05, 4.69) is 31.4 Å². The van der Waals surface area contributed by atoms with Gasteiger partial charge in [0.25, 0.3) is 0 Å². The van der Waals surface area contributed by atoms with Crippen molar-refractivity contribution in [3.05, 3.63) is 24.3 Å². The van der Waals surface area contributed by atoms with Gasteiger partial charge in [0.05, 0.1) is 0 Å². The quantitative estimate of drug-likeness (QED) is 0.607.